The summed E-state index contributed by atoms with van der Waals surface area (Å²) in [7, 11) is 1.59. The highest BCUT2D eigenvalue weighted by atomic mass is 16.5. The molecule has 104 valence electrons. The van der Waals surface area contributed by atoms with Gasteiger partial charge in [-0.25, -0.2) is 0 Å². The Hall–Kier alpha value is -1.43. The smallest absolute Gasteiger partial charge is 0.252 e. The van der Waals surface area contributed by atoms with Gasteiger partial charge in [0.25, 0.3) is 5.91 Å². The molecular weight excluding hydrogens is 246 g/mol. The number of benzene rings is 1. The van der Waals surface area contributed by atoms with Crippen LogP contribution in [0.15, 0.2) is 24.3 Å². The van der Waals surface area contributed by atoms with E-state index in [1.807, 2.05) is 24.3 Å². The number of methoxy groups -OCH3 is 1. The molecule has 1 aromatic rings. The van der Waals surface area contributed by atoms with Crippen molar-refractivity contribution >= 4 is 11.6 Å². The standard InChI is InChI=1S/C14H19NO4/c1-18-8-9-19-10-14(17)15-7-6-13(16)11-4-2-3-5-12(11)15/h2-5,13,16H,6-10H2,1H3. The van der Waals surface area contributed by atoms with Crippen molar-refractivity contribution in [2.24, 2.45) is 0 Å². The van der Waals surface area contributed by atoms with Gasteiger partial charge in [-0.2, -0.15) is 0 Å². The Kier molecular flexibility index (Phi) is 4.90. The van der Waals surface area contributed by atoms with Crippen molar-refractivity contribution < 1.29 is 19.4 Å². The van der Waals surface area contributed by atoms with Crippen LogP contribution in [-0.4, -0.2) is 44.5 Å². The van der Waals surface area contributed by atoms with E-state index in [1.165, 1.54) is 0 Å². The molecule has 5 heteroatoms. The van der Waals surface area contributed by atoms with Gasteiger partial charge >= 0.3 is 0 Å². The third-order valence-electron chi connectivity index (χ3n) is 3.17. The first-order valence-corrected chi connectivity index (χ1v) is 6.38. The monoisotopic (exact) mass is 265 g/mol. The molecule has 0 radical (unpaired) electrons. The largest absolute Gasteiger partial charge is 0.388 e. The summed E-state index contributed by atoms with van der Waals surface area (Å²) in [6, 6.07) is 7.43. The quantitative estimate of drug-likeness (QED) is 0.811. The van der Waals surface area contributed by atoms with Crippen LogP contribution in [0.3, 0.4) is 0 Å². The van der Waals surface area contributed by atoms with E-state index in [9.17, 15) is 9.90 Å². The Balaban J connectivity index is 2.01. The van der Waals surface area contributed by atoms with Crippen LogP contribution < -0.4 is 4.90 Å². The van der Waals surface area contributed by atoms with Crippen molar-refractivity contribution in [3.05, 3.63) is 29.8 Å². The minimum absolute atomic E-state index is 0.0355. The lowest BCUT2D eigenvalue weighted by Crippen LogP contribution is -2.39. The lowest BCUT2D eigenvalue weighted by Gasteiger charge is -2.32. The van der Waals surface area contributed by atoms with Crippen LogP contribution in [0.5, 0.6) is 0 Å². The number of hydrogen-bond acceptors (Lipinski definition) is 4. The van der Waals surface area contributed by atoms with Gasteiger partial charge in [0.15, 0.2) is 0 Å². The lowest BCUT2D eigenvalue weighted by molar-refractivity contribution is -0.123. The number of carbonyl (C=O) groups excluding carboxylic acids is 1. The van der Waals surface area contributed by atoms with Gasteiger partial charge in [0, 0.05) is 24.9 Å². The van der Waals surface area contributed by atoms with Crippen LogP contribution in [0.4, 0.5) is 5.69 Å². The molecule has 1 atom stereocenters. The molecule has 1 aliphatic rings. The summed E-state index contributed by atoms with van der Waals surface area (Å²) in [6.07, 6.45) is 0.0653. The van der Waals surface area contributed by atoms with Gasteiger partial charge in [0.1, 0.15) is 6.61 Å². The Morgan fingerprint density at radius 3 is 3.00 bits per heavy atom. The predicted molar refractivity (Wildman–Crippen MR) is 71.1 cm³/mol. The van der Waals surface area contributed by atoms with Gasteiger partial charge in [0.05, 0.1) is 19.3 Å². The molecule has 1 N–H and O–H groups in total. The molecule has 1 aromatic carbocycles. The van der Waals surface area contributed by atoms with E-state index in [0.29, 0.717) is 26.2 Å². The van der Waals surface area contributed by atoms with Crippen molar-refractivity contribution in [2.75, 3.05) is 38.4 Å². The van der Waals surface area contributed by atoms with Crippen LogP contribution in [0, 0.1) is 0 Å². The molecule has 1 aliphatic heterocycles. The van der Waals surface area contributed by atoms with Crippen molar-refractivity contribution in [1.29, 1.82) is 0 Å². The van der Waals surface area contributed by atoms with Gasteiger partial charge in [-0.15, -0.1) is 0 Å². The number of rotatable bonds is 5. The maximum absolute atomic E-state index is 12.1. The minimum Gasteiger partial charge on any atom is -0.388 e. The molecule has 0 spiro atoms. The zero-order chi connectivity index (χ0) is 13.7. The highest BCUT2D eigenvalue weighted by Gasteiger charge is 2.26. The second-order valence-electron chi connectivity index (χ2n) is 4.45. The van der Waals surface area contributed by atoms with Crippen molar-refractivity contribution in [2.45, 2.75) is 12.5 Å². The number of nitrogens with zero attached hydrogens (tertiary/aromatic N) is 1. The number of carbonyl (C=O) groups is 1. The Bertz CT molecular complexity index is 435. The molecule has 1 heterocycles. The Morgan fingerprint density at radius 1 is 1.42 bits per heavy atom. The third-order valence-corrected chi connectivity index (χ3v) is 3.17. The summed E-state index contributed by atoms with van der Waals surface area (Å²) >= 11 is 0. The fourth-order valence-electron chi connectivity index (χ4n) is 2.18. The number of para-hydroxylation sites is 1. The van der Waals surface area contributed by atoms with E-state index in [-0.39, 0.29) is 12.5 Å². The van der Waals surface area contributed by atoms with Crippen LogP contribution in [-0.2, 0) is 14.3 Å². The summed E-state index contributed by atoms with van der Waals surface area (Å²) in [6.45, 7) is 1.43. The summed E-state index contributed by atoms with van der Waals surface area (Å²) in [5, 5.41) is 9.92. The van der Waals surface area contributed by atoms with Gasteiger partial charge in [-0.3, -0.25) is 4.79 Å². The number of amides is 1. The third kappa shape index (κ3) is 3.32. The first kappa shape index (κ1) is 14.0. The second kappa shape index (κ2) is 6.65. The number of ether oxygens (including phenoxy) is 2. The van der Waals surface area contributed by atoms with Crippen LogP contribution >= 0.6 is 0 Å². The molecule has 1 amide bonds. The van der Waals surface area contributed by atoms with E-state index in [2.05, 4.69) is 0 Å². The number of aliphatic hydroxyl groups excluding tert-OH is 1. The summed E-state index contributed by atoms with van der Waals surface area (Å²) in [5.74, 6) is -0.0875. The van der Waals surface area contributed by atoms with Gasteiger partial charge < -0.3 is 19.5 Å². The minimum atomic E-state index is -0.491. The first-order chi connectivity index (χ1) is 9.24. The number of hydrogen-bond donors (Lipinski definition) is 1. The number of aliphatic hydroxyl groups is 1. The maximum atomic E-state index is 12.1. The highest BCUT2D eigenvalue weighted by Crippen LogP contribution is 2.33. The predicted octanol–water partition coefficient (Wildman–Crippen LogP) is 1.12. The molecule has 0 aliphatic carbocycles. The fraction of sp³-hybridized carbons (Fsp3) is 0.500. The molecule has 0 aromatic heterocycles. The van der Waals surface area contributed by atoms with Gasteiger partial charge in [-0.05, 0) is 12.5 Å². The fourth-order valence-corrected chi connectivity index (χ4v) is 2.18. The zero-order valence-corrected chi connectivity index (χ0v) is 11.0. The number of anilines is 1. The Labute approximate surface area is 112 Å². The van der Waals surface area contributed by atoms with Gasteiger partial charge in [0.2, 0.25) is 0 Å². The zero-order valence-electron chi connectivity index (χ0n) is 11.0. The molecule has 0 fully saturated rings. The van der Waals surface area contributed by atoms with Crippen LogP contribution in [0.2, 0.25) is 0 Å². The van der Waals surface area contributed by atoms with E-state index < -0.39 is 6.10 Å². The topological polar surface area (TPSA) is 59.0 Å². The molecule has 0 bridgehead atoms. The van der Waals surface area contributed by atoms with E-state index in [0.717, 1.165) is 11.3 Å². The van der Waals surface area contributed by atoms with Gasteiger partial charge in [-0.1, -0.05) is 18.2 Å². The molecule has 19 heavy (non-hydrogen) atoms. The molecule has 2 rings (SSSR count). The molecule has 0 saturated carbocycles. The van der Waals surface area contributed by atoms with Crippen molar-refractivity contribution in [3.8, 4) is 0 Å². The molecular formula is C14H19NO4. The second-order valence-corrected chi connectivity index (χ2v) is 4.45. The molecule has 0 saturated heterocycles. The first-order valence-electron chi connectivity index (χ1n) is 6.38. The molecule has 1 unspecified atom stereocenters. The van der Waals surface area contributed by atoms with E-state index >= 15 is 0 Å². The Morgan fingerprint density at radius 2 is 2.21 bits per heavy atom. The average molecular weight is 265 g/mol. The summed E-state index contributed by atoms with van der Waals surface area (Å²) in [5.41, 5.74) is 1.58. The maximum Gasteiger partial charge on any atom is 0.252 e. The average Bonchev–Trinajstić information content (AvgIpc) is 2.44. The van der Waals surface area contributed by atoms with E-state index in [4.69, 9.17) is 9.47 Å². The SMILES string of the molecule is COCCOCC(=O)N1CCC(O)c2ccccc21. The highest BCUT2D eigenvalue weighted by molar-refractivity contribution is 5.95. The van der Waals surface area contributed by atoms with E-state index in [1.54, 1.807) is 12.0 Å². The lowest BCUT2D eigenvalue weighted by atomic mass is 9.99. The van der Waals surface area contributed by atoms with Crippen molar-refractivity contribution in [3.63, 3.8) is 0 Å². The normalized spacial score (nSPS) is 18.2. The number of fused-ring (bicyclic) bond motifs is 1. The van der Waals surface area contributed by atoms with Crippen LogP contribution in [0.1, 0.15) is 18.1 Å². The van der Waals surface area contributed by atoms with Crippen LogP contribution in [0.25, 0.3) is 0 Å². The van der Waals surface area contributed by atoms with Crippen molar-refractivity contribution in [1.82, 2.24) is 0 Å². The summed E-state index contributed by atoms with van der Waals surface area (Å²) in [4.78, 5) is 13.8. The molecule has 5 nitrogen and oxygen atoms in total. The summed E-state index contributed by atoms with van der Waals surface area (Å²) < 4.78 is 10.1.